The number of allylic oxidation sites excluding steroid dienone is 1. The number of nitriles is 2. The molecule has 4 heteroatoms. The maximum absolute atomic E-state index is 9.67. The van der Waals surface area contributed by atoms with Crippen molar-refractivity contribution in [2.75, 3.05) is 0 Å². The molecule has 0 atom stereocenters. The van der Waals surface area contributed by atoms with Crippen LogP contribution in [0.3, 0.4) is 0 Å². The van der Waals surface area contributed by atoms with Crippen molar-refractivity contribution in [1.82, 2.24) is 0 Å². The number of halogens is 1. The van der Waals surface area contributed by atoms with E-state index in [1.54, 1.807) is 31.2 Å². The highest BCUT2D eigenvalue weighted by molar-refractivity contribution is 6.31. The van der Waals surface area contributed by atoms with Crippen LogP contribution < -0.4 is 0 Å². The lowest BCUT2D eigenvalue weighted by atomic mass is 10.1. The van der Waals surface area contributed by atoms with Gasteiger partial charge < -0.3 is 5.11 Å². The number of aromatic hydroxyl groups is 1. The minimum absolute atomic E-state index is 0.00880. The van der Waals surface area contributed by atoms with Crippen LogP contribution in [0, 0.1) is 29.6 Å². The molecule has 0 aliphatic heterocycles. The fraction of sp³-hybridized carbons (Fsp3) is 0.0909. The Bertz CT molecular complexity index is 491. The largest absolute Gasteiger partial charge is 0.507 e. The van der Waals surface area contributed by atoms with Crippen molar-refractivity contribution < 1.29 is 5.11 Å². The van der Waals surface area contributed by atoms with Gasteiger partial charge in [0.05, 0.1) is 0 Å². The second-order valence-corrected chi connectivity index (χ2v) is 3.30. The minimum Gasteiger partial charge on any atom is -0.507 e. The Balaban J connectivity index is 3.32. The average molecular weight is 219 g/mol. The highest BCUT2D eigenvalue weighted by Crippen LogP contribution is 2.29. The molecular weight excluding hydrogens is 212 g/mol. The summed E-state index contributed by atoms with van der Waals surface area (Å²) in [6.45, 7) is 1.66. The predicted molar refractivity (Wildman–Crippen MR) is 57.1 cm³/mol. The first-order valence-corrected chi connectivity index (χ1v) is 4.48. The summed E-state index contributed by atoms with van der Waals surface area (Å²) < 4.78 is 0. The van der Waals surface area contributed by atoms with E-state index < -0.39 is 0 Å². The molecule has 0 bridgehead atoms. The van der Waals surface area contributed by atoms with Gasteiger partial charge in [-0.3, -0.25) is 0 Å². The molecule has 1 aromatic carbocycles. The summed E-state index contributed by atoms with van der Waals surface area (Å²) in [7, 11) is 0. The zero-order valence-electron chi connectivity index (χ0n) is 7.95. The zero-order chi connectivity index (χ0) is 11.4. The fourth-order valence-electron chi connectivity index (χ4n) is 1.06. The van der Waals surface area contributed by atoms with Crippen molar-refractivity contribution in [3.05, 3.63) is 33.9 Å². The third-order valence-electron chi connectivity index (χ3n) is 1.94. The van der Waals surface area contributed by atoms with Gasteiger partial charge in [0.2, 0.25) is 0 Å². The van der Waals surface area contributed by atoms with Crippen LogP contribution in [0.15, 0.2) is 17.7 Å². The van der Waals surface area contributed by atoms with Gasteiger partial charge in [-0.1, -0.05) is 11.6 Å². The molecule has 0 radical (unpaired) electrons. The molecule has 0 heterocycles. The Hall–Kier alpha value is -1.97. The number of phenols is 1. The molecule has 0 aliphatic carbocycles. The average Bonchev–Trinajstić information content (AvgIpc) is 2.25. The van der Waals surface area contributed by atoms with Crippen molar-refractivity contribution in [1.29, 1.82) is 10.5 Å². The first-order valence-electron chi connectivity index (χ1n) is 4.10. The standard InChI is InChI=1S/C11H7ClN2O/c1-7-10(12)3-2-9(11(7)15)4-8(5-13)6-14/h2-4,15H,1H3. The molecule has 0 saturated heterocycles. The highest BCUT2D eigenvalue weighted by atomic mass is 35.5. The Morgan fingerprint density at radius 3 is 2.53 bits per heavy atom. The molecular formula is C11H7ClN2O. The lowest BCUT2D eigenvalue weighted by molar-refractivity contribution is 0.470. The Morgan fingerprint density at radius 2 is 2.00 bits per heavy atom. The van der Waals surface area contributed by atoms with Crippen molar-refractivity contribution in [3.8, 4) is 17.9 Å². The van der Waals surface area contributed by atoms with E-state index in [4.69, 9.17) is 22.1 Å². The van der Waals surface area contributed by atoms with Crippen LogP contribution in [0.1, 0.15) is 11.1 Å². The summed E-state index contributed by atoms with van der Waals surface area (Å²) in [4.78, 5) is 0. The molecule has 0 amide bonds. The smallest absolute Gasteiger partial charge is 0.130 e. The molecule has 0 unspecified atom stereocenters. The summed E-state index contributed by atoms with van der Waals surface area (Å²) in [5, 5.41) is 27.2. The van der Waals surface area contributed by atoms with Crippen LogP contribution >= 0.6 is 11.6 Å². The van der Waals surface area contributed by atoms with E-state index in [0.717, 1.165) is 0 Å². The Kier molecular flexibility index (Phi) is 3.33. The third-order valence-corrected chi connectivity index (χ3v) is 2.35. The van der Waals surface area contributed by atoms with Gasteiger partial charge in [-0.15, -0.1) is 0 Å². The number of nitrogens with zero attached hydrogens (tertiary/aromatic N) is 2. The predicted octanol–water partition coefficient (Wildman–Crippen LogP) is 2.78. The zero-order valence-corrected chi connectivity index (χ0v) is 8.71. The van der Waals surface area contributed by atoms with E-state index in [0.29, 0.717) is 16.1 Å². The molecule has 1 aromatic rings. The van der Waals surface area contributed by atoms with Crippen molar-refractivity contribution >= 4 is 17.7 Å². The number of benzene rings is 1. The van der Waals surface area contributed by atoms with Crippen LogP contribution in [0.2, 0.25) is 5.02 Å². The number of rotatable bonds is 1. The molecule has 74 valence electrons. The molecule has 0 aliphatic rings. The van der Waals surface area contributed by atoms with Crippen LogP contribution in [0.25, 0.3) is 6.08 Å². The van der Waals surface area contributed by atoms with Gasteiger partial charge in [-0.2, -0.15) is 10.5 Å². The molecule has 1 rings (SSSR count). The second-order valence-electron chi connectivity index (χ2n) is 2.89. The molecule has 0 saturated carbocycles. The van der Waals surface area contributed by atoms with Gasteiger partial charge >= 0.3 is 0 Å². The first kappa shape index (κ1) is 11.1. The Labute approximate surface area is 92.4 Å². The molecule has 0 aromatic heterocycles. The number of hydrogen-bond acceptors (Lipinski definition) is 3. The highest BCUT2D eigenvalue weighted by Gasteiger charge is 2.06. The number of phenolic OH excluding ortho intramolecular Hbond substituents is 1. The number of hydrogen-bond donors (Lipinski definition) is 1. The summed E-state index contributed by atoms with van der Waals surface area (Å²) in [5.74, 6) is -0.00880. The quantitative estimate of drug-likeness (QED) is 0.737. The third kappa shape index (κ3) is 2.28. The van der Waals surface area contributed by atoms with Crippen LogP contribution in [-0.4, -0.2) is 5.11 Å². The van der Waals surface area contributed by atoms with E-state index in [1.165, 1.54) is 6.08 Å². The summed E-state index contributed by atoms with van der Waals surface area (Å²) >= 11 is 5.78. The van der Waals surface area contributed by atoms with Crippen LogP contribution in [-0.2, 0) is 0 Å². The van der Waals surface area contributed by atoms with Crippen molar-refractivity contribution in [3.63, 3.8) is 0 Å². The van der Waals surface area contributed by atoms with Gasteiger partial charge in [0.25, 0.3) is 0 Å². The lowest BCUT2D eigenvalue weighted by Crippen LogP contribution is -1.83. The van der Waals surface area contributed by atoms with E-state index in [9.17, 15) is 5.11 Å². The van der Waals surface area contributed by atoms with E-state index in [-0.39, 0.29) is 11.3 Å². The van der Waals surface area contributed by atoms with Gasteiger partial charge in [0.15, 0.2) is 0 Å². The summed E-state index contributed by atoms with van der Waals surface area (Å²) in [6.07, 6.45) is 1.32. The maximum Gasteiger partial charge on any atom is 0.130 e. The molecule has 0 fully saturated rings. The maximum atomic E-state index is 9.67. The van der Waals surface area contributed by atoms with E-state index >= 15 is 0 Å². The minimum atomic E-state index is -0.0629. The van der Waals surface area contributed by atoms with Gasteiger partial charge in [-0.25, -0.2) is 0 Å². The van der Waals surface area contributed by atoms with Crippen LogP contribution in [0.5, 0.6) is 5.75 Å². The lowest BCUT2D eigenvalue weighted by Gasteiger charge is -2.04. The molecule has 3 nitrogen and oxygen atoms in total. The summed E-state index contributed by atoms with van der Waals surface area (Å²) in [6, 6.07) is 6.60. The monoisotopic (exact) mass is 218 g/mol. The van der Waals surface area contributed by atoms with Gasteiger partial charge in [-0.05, 0) is 25.1 Å². The fourth-order valence-corrected chi connectivity index (χ4v) is 1.21. The SMILES string of the molecule is Cc1c(Cl)ccc(C=C(C#N)C#N)c1O. The van der Waals surface area contributed by atoms with Crippen LogP contribution in [0.4, 0.5) is 0 Å². The van der Waals surface area contributed by atoms with Crippen molar-refractivity contribution in [2.45, 2.75) is 6.92 Å². The summed E-state index contributed by atoms with van der Waals surface area (Å²) in [5.41, 5.74) is 0.877. The molecule has 1 N–H and O–H groups in total. The topological polar surface area (TPSA) is 67.8 Å². The Morgan fingerprint density at radius 1 is 1.40 bits per heavy atom. The molecule has 0 spiro atoms. The van der Waals surface area contributed by atoms with Gasteiger partial charge in [0.1, 0.15) is 23.5 Å². The van der Waals surface area contributed by atoms with E-state index in [2.05, 4.69) is 0 Å². The normalized spacial score (nSPS) is 8.80. The van der Waals surface area contributed by atoms with E-state index in [1.807, 2.05) is 0 Å². The van der Waals surface area contributed by atoms with Crippen molar-refractivity contribution in [2.24, 2.45) is 0 Å². The van der Waals surface area contributed by atoms with Gasteiger partial charge in [0, 0.05) is 16.1 Å². The second kappa shape index (κ2) is 4.50. The first-order chi connectivity index (χ1) is 7.10. The molecule has 15 heavy (non-hydrogen) atoms.